The maximum atomic E-state index is 12.1. The molecular weight excluding hydrogens is 236 g/mol. The van der Waals surface area contributed by atoms with E-state index in [2.05, 4.69) is 5.32 Å². The molecule has 0 aromatic carbocycles. The Kier molecular flexibility index (Phi) is 4.95. The van der Waals surface area contributed by atoms with Crippen LogP contribution in [0.1, 0.15) is 33.6 Å². The van der Waals surface area contributed by atoms with Crippen molar-refractivity contribution in [2.24, 2.45) is 0 Å². The first kappa shape index (κ1) is 14.8. The minimum absolute atomic E-state index is 0.0176. The molecule has 6 heteroatoms. The lowest BCUT2D eigenvalue weighted by Gasteiger charge is -2.29. The van der Waals surface area contributed by atoms with E-state index in [1.165, 1.54) is 6.92 Å². The molecule has 1 rings (SSSR count). The van der Waals surface area contributed by atoms with Crippen molar-refractivity contribution >= 4 is 12.0 Å². The third-order valence-electron chi connectivity index (χ3n) is 3.30. The number of carbonyl (C=O) groups is 2. The van der Waals surface area contributed by atoms with Crippen molar-refractivity contribution in [1.29, 1.82) is 0 Å². The Labute approximate surface area is 107 Å². The second-order valence-corrected chi connectivity index (χ2v) is 4.90. The molecule has 104 valence electrons. The van der Waals surface area contributed by atoms with Crippen LogP contribution in [0.3, 0.4) is 0 Å². The van der Waals surface area contributed by atoms with Crippen LogP contribution in [-0.4, -0.2) is 53.3 Å². The molecule has 2 unspecified atom stereocenters. The Morgan fingerprint density at radius 3 is 2.78 bits per heavy atom. The third-order valence-corrected chi connectivity index (χ3v) is 3.30. The lowest BCUT2D eigenvalue weighted by molar-refractivity contribution is -0.143. The molecular formula is C12H22N2O4. The number of carboxylic acid groups (broad SMARTS) is 1. The van der Waals surface area contributed by atoms with Crippen molar-refractivity contribution < 1.29 is 19.4 Å². The molecule has 1 aliphatic rings. The number of aliphatic carboxylic acids is 1. The molecule has 0 aromatic heterocycles. The van der Waals surface area contributed by atoms with E-state index >= 15 is 0 Å². The van der Waals surface area contributed by atoms with Gasteiger partial charge in [-0.1, -0.05) is 6.92 Å². The van der Waals surface area contributed by atoms with Crippen molar-refractivity contribution in [3.63, 3.8) is 0 Å². The first-order chi connectivity index (χ1) is 8.39. The number of hydrogen-bond acceptors (Lipinski definition) is 3. The minimum atomic E-state index is -1.21. The van der Waals surface area contributed by atoms with E-state index < -0.39 is 11.5 Å². The summed E-state index contributed by atoms with van der Waals surface area (Å²) in [4.78, 5) is 24.8. The molecule has 0 bridgehead atoms. The van der Waals surface area contributed by atoms with Crippen LogP contribution < -0.4 is 5.32 Å². The van der Waals surface area contributed by atoms with Gasteiger partial charge in [-0.15, -0.1) is 0 Å². The summed E-state index contributed by atoms with van der Waals surface area (Å²) < 4.78 is 5.45. The van der Waals surface area contributed by atoms with E-state index in [1.54, 1.807) is 11.8 Å². The number of ether oxygens (including phenoxy) is 1. The van der Waals surface area contributed by atoms with Gasteiger partial charge in [0, 0.05) is 19.7 Å². The summed E-state index contributed by atoms with van der Waals surface area (Å²) in [6.07, 6.45) is 1.10. The number of urea groups is 1. The van der Waals surface area contributed by atoms with Crippen LogP contribution in [0.5, 0.6) is 0 Å². The normalized spacial score (nSPS) is 23.9. The number of amides is 2. The molecule has 6 nitrogen and oxygen atoms in total. The van der Waals surface area contributed by atoms with Gasteiger partial charge in [-0.25, -0.2) is 9.59 Å². The molecule has 0 radical (unpaired) electrons. The second kappa shape index (κ2) is 6.04. The summed E-state index contributed by atoms with van der Waals surface area (Å²) in [5.74, 6) is -1.02. The molecule has 18 heavy (non-hydrogen) atoms. The number of nitrogens with one attached hydrogen (secondary N) is 1. The fourth-order valence-corrected chi connectivity index (χ4v) is 1.79. The Balaban J connectivity index is 2.66. The lowest BCUT2D eigenvalue weighted by atomic mass is 10.00. The number of carbonyl (C=O) groups excluding carboxylic acids is 1. The van der Waals surface area contributed by atoms with Crippen LogP contribution >= 0.6 is 0 Å². The SMILES string of the molecule is CCC(C)(NC(=O)N1CCCOC(C)C1)C(=O)O. The van der Waals surface area contributed by atoms with Gasteiger partial charge in [0.1, 0.15) is 5.54 Å². The average molecular weight is 258 g/mol. The molecule has 2 atom stereocenters. The monoisotopic (exact) mass is 258 g/mol. The fourth-order valence-electron chi connectivity index (χ4n) is 1.79. The van der Waals surface area contributed by atoms with Crippen LogP contribution in [0, 0.1) is 0 Å². The van der Waals surface area contributed by atoms with Gasteiger partial charge in [-0.3, -0.25) is 0 Å². The van der Waals surface area contributed by atoms with Crippen LogP contribution in [0.4, 0.5) is 4.79 Å². The van der Waals surface area contributed by atoms with Gasteiger partial charge < -0.3 is 20.1 Å². The topological polar surface area (TPSA) is 78.9 Å². The van der Waals surface area contributed by atoms with Crippen molar-refractivity contribution in [2.75, 3.05) is 19.7 Å². The zero-order valence-electron chi connectivity index (χ0n) is 11.2. The van der Waals surface area contributed by atoms with E-state index in [9.17, 15) is 9.59 Å². The Morgan fingerprint density at radius 1 is 1.56 bits per heavy atom. The fraction of sp³-hybridized carbons (Fsp3) is 0.833. The highest BCUT2D eigenvalue weighted by Gasteiger charge is 2.34. The lowest BCUT2D eigenvalue weighted by Crippen LogP contribution is -2.56. The number of rotatable bonds is 3. The van der Waals surface area contributed by atoms with E-state index in [-0.39, 0.29) is 12.1 Å². The molecule has 0 aromatic rings. The van der Waals surface area contributed by atoms with Crippen LogP contribution in [0.2, 0.25) is 0 Å². The summed E-state index contributed by atoms with van der Waals surface area (Å²) in [6.45, 7) is 6.88. The number of hydrogen-bond donors (Lipinski definition) is 2. The molecule has 1 fully saturated rings. The first-order valence-electron chi connectivity index (χ1n) is 6.31. The molecule has 1 saturated heterocycles. The van der Waals surface area contributed by atoms with Gasteiger partial charge in [0.2, 0.25) is 0 Å². The van der Waals surface area contributed by atoms with Gasteiger partial charge in [-0.05, 0) is 26.7 Å². The van der Waals surface area contributed by atoms with Gasteiger partial charge in [0.05, 0.1) is 6.10 Å². The predicted octanol–water partition coefficient (Wildman–Crippen LogP) is 1.06. The van der Waals surface area contributed by atoms with Gasteiger partial charge in [0.25, 0.3) is 0 Å². The van der Waals surface area contributed by atoms with E-state index in [1.807, 2.05) is 6.92 Å². The molecule has 0 aliphatic carbocycles. The highest BCUT2D eigenvalue weighted by atomic mass is 16.5. The standard InChI is InChI=1S/C12H22N2O4/c1-4-12(3,10(15)16)13-11(17)14-6-5-7-18-9(2)8-14/h9H,4-8H2,1-3H3,(H,13,17)(H,15,16). The average Bonchev–Trinajstić information content (AvgIpc) is 2.53. The van der Waals surface area contributed by atoms with Crippen LogP contribution in [0.15, 0.2) is 0 Å². The largest absolute Gasteiger partial charge is 0.480 e. The zero-order valence-corrected chi connectivity index (χ0v) is 11.2. The summed E-state index contributed by atoms with van der Waals surface area (Å²) in [5.41, 5.74) is -1.21. The van der Waals surface area contributed by atoms with Gasteiger partial charge in [-0.2, -0.15) is 0 Å². The van der Waals surface area contributed by atoms with Crippen LogP contribution in [-0.2, 0) is 9.53 Å². The summed E-state index contributed by atoms with van der Waals surface area (Å²) in [6, 6.07) is -0.334. The Morgan fingerprint density at radius 2 is 2.22 bits per heavy atom. The predicted molar refractivity (Wildman–Crippen MR) is 66.5 cm³/mol. The molecule has 2 N–H and O–H groups in total. The van der Waals surface area contributed by atoms with E-state index in [0.29, 0.717) is 26.1 Å². The van der Waals surface area contributed by atoms with Crippen molar-refractivity contribution in [3.05, 3.63) is 0 Å². The third kappa shape index (κ3) is 3.60. The summed E-state index contributed by atoms with van der Waals surface area (Å²) in [7, 11) is 0. The van der Waals surface area contributed by atoms with Crippen molar-refractivity contribution in [2.45, 2.75) is 45.3 Å². The zero-order chi connectivity index (χ0) is 13.8. The first-order valence-corrected chi connectivity index (χ1v) is 6.31. The van der Waals surface area contributed by atoms with Crippen molar-refractivity contribution in [1.82, 2.24) is 10.2 Å². The molecule has 0 saturated carbocycles. The molecule has 0 spiro atoms. The summed E-state index contributed by atoms with van der Waals surface area (Å²) >= 11 is 0. The maximum Gasteiger partial charge on any atom is 0.329 e. The quantitative estimate of drug-likeness (QED) is 0.793. The Bertz CT molecular complexity index is 321. The maximum absolute atomic E-state index is 12.1. The molecule has 1 heterocycles. The Hall–Kier alpha value is -1.30. The smallest absolute Gasteiger partial charge is 0.329 e. The van der Waals surface area contributed by atoms with Crippen LogP contribution in [0.25, 0.3) is 0 Å². The highest BCUT2D eigenvalue weighted by molar-refractivity contribution is 5.85. The van der Waals surface area contributed by atoms with Crippen molar-refractivity contribution in [3.8, 4) is 0 Å². The number of nitrogens with zero attached hydrogens (tertiary/aromatic N) is 1. The second-order valence-electron chi connectivity index (χ2n) is 4.90. The van der Waals surface area contributed by atoms with Gasteiger partial charge >= 0.3 is 12.0 Å². The van der Waals surface area contributed by atoms with E-state index in [4.69, 9.17) is 9.84 Å². The molecule has 1 aliphatic heterocycles. The van der Waals surface area contributed by atoms with Gasteiger partial charge in [0.15, 0.2) is 0 Å². The van der Waals surface area contributed by atoms with E-state index in [0.717, 1.165) is 6.42 Å². The number of carboxylic acids is 1. The summed E-state index contributed by atoms with van der Waals surface area (Å²) in [5, 5.41) is 11.7. The molecule has 2 amide bonds. The highest BCUT2D eigenvalue weighted by Crippen LogP contribution is 2.12. The minimum Gasteiger partial charge on any atom is -0.480 e.